The molecule has 0 amide bonds. The van der Waals surface area contributed by atoms with Crippen LogP contribution >= 0.6 is 0 Å². The Labute approximate surface area is 96.5 Å². The first-order chi connectivity index (χ1) is 7.65. The van der Waals surface area contributed by atoms with Crippen LogP contribution in [-0.4, -0.2) is 16.7 Å². The van der Waals surface area contributed by atoms with E-state index in [2.05, 4.69) is 18.2 Å². The van der Waals surface area contributed by atoms with Crippen LogP contribution in [-0.2, 0) is 19.3 Å². The van der Waals surface area contributed by atoms with Gasteiger partial charge in [-0.25, -0.2) is 0 Å². The molecule has 0 radical (unpaired) electrons. The van der Waals surface area contributed by atoms with Crippen LogP contribution in [0.15, 0.2) is 18.2 Å². The molecule has 0 aliphatic heterocycles. The summed E-state index contributed by atoms with van der Waals surface area (Å²) in [7, 11) is 0. The minimum absolute atomic E-state index is 0.208. The normalized spacial score (nSPS) is 32.2. The van der Waals surface area contributed by atoms with Crippen molar-refractivity contribution in [3.8, 4) is 0 Å². The Balaban J connectivity index is 1.76. The van der Waals surface area contributed by atoms with Gasteiger partial charge in [0.25, 0.3) is 0 Å². The van der Waals surface area contributed by atoms with E-state index in [1.54, 1.807) is 0 Å². The standard InChI is InChI=1S/C14H19NO/c15-13-8-14(16,9-13)7-10-4-5-11-2-1-3-12(11)6-10/h4-6,13,16H,1-3,7-9,15H2. The summed E-state index contributed by atoms with van der Waals surface area (Å²) in [4.78, 5) is 0. The van der Waals surface area contributed by atoms with Crippen LogP contribution in [0.4, 0.5) is 0 Å². The summed E-state index contributed by atoms with van der Waals surface area (Å²) in [5.74, 6) is 0. The van der Waals surface area contributed by atoms with Gasteiger partial charge in [-0.2, -0.15) is 0 Å². The lowest BCUT2D eigenvalue weighted by molar-refractivity contribution is -0.0455. The van der Waals surface area contributed by atoms with E-state index >= 15 is 0 Å². The topological polar surface area (TPSA) is 46.2 Å². The van der Waals surface area contributed by atoms with Gasteiger partial charge in [0.05, 0.1) is 5.60 Å². The number of aryl methyl sites for hydroxylation is 2. The van der Waals surface area contributed by atoms with E-state index in [9.17, 15) is 5.11 Å². The number of fused-ring (bicyclic) bond motifs is 1. The number of hydrogen-bond acceptors (Lipinski definition) is 2. The number of benzene rings is 1. The predicted octanol–water partition coefficient (Wildman–Crippen LogP) is 1.57. The van der Waals surface area contributed by atoms with Crippen molar-refractivity contribution in [1.29, 1.82) is 0 Å². The zero-order valence-electron chi connectivity index (χ0n) is 9.58. The fraction of sp³-hybridized carbons (Fsp3) is 0.571. The van der Waals surface area contributed by atoms with Crippen LogP contribution in [0.25, 0.3) is 0 Å². The average Bonchev–Trinajstić information content (AvgIpc) is 2.62. The minimum atomic E-state index is -0.522. The molecule has 1 aromatic rings. The average molecular weight is 217 g/mol. The van der Waals surface area contributed by atoms with Gasteiger partial charge in [0.2, 0.25) is 0 Å². The molecule has 0 bridgehead atoms. The van der Waals surface area contributed by atoms with E-state index in [-0.39, 0.29) is 6.04 Å². The molecule has 3 N–H and O–H groups in total. The van der Waals surface area contributed by atoms with Gasteiger partial charge in [-0.3, -0.25) is 0 Å². The molecule has 2 aliphatic carbocycles. The molecule has 86 valence electrons. The zero-order valence-corrected chi connectivity index (χ0v) is 9.58. The van der Waals surface area contributed by atoms with Crippen molar-refractivity contribution in [1.82, 2.24) is 0 Å². The highest BCUT2D eigenvalue weighted by Crippen LogP contribution is 2.35. The molecular weight excluding hydrogens is 198 g/mol. The molecule has 1 saturated carbocycles. The van der Waals surface area contributed by atoms with E-state index in [0.29, 0.717) is 0 Å². The van der Waals surface area contributed by atoms with Gasteiger partial charge in [0.1, 0.15) is 0 Å². The largest absolute Gasteiger partial charge is 0.389 e. The molecule has 0 saturated heterocycles. The summed E-state index contributed by atoms with van der Waals surface area (Å²) < 4.78 is 0. The molecular formula is C14H19NO. The highest BCUT2D eigenvalue weighted by Gasteiger charge is 2.40. The molecule has 1 aromatic carbocycles. The maximum Gasteiger partial charge on any atom is 0.0717 e. The van der Waals surface area contributed by atoms with Crippen molar-refractivity contribution in [2.24, 2.45) is 5.73 Å². The Morgan fingerprint density at radius 2 is 2.00 bits per heavy atom. The lowest BCUT2D eigenvalue weighted by Crippen LogP contribution is -2.52. The van der Waals surface area contributed by atoms with Gasteiger partial charge in [0, 0.05) is 12.5 Å². The van der Waals surface area contributed by atoms with Gasteiger partial charge >= 0.3 is 0 Å². The Bertz CT molecular complexity index is 407. The number of nitrogens with two attached hydrogens (primary N) is 1. The summed E-state index contributed by atoms with van der Waals surface area (Å²) in [6.07, 6.45) is 6.00. The number of hydrogen-bond donors (Lipinski definition) is 2. The van der Waals surface area contributed by atoms with Gasteiger partial charge in [-0.1, -0.05) is 18.2 Å². The first-order valence-corrected chi connectivity index (χ1v) is 6.23. The van der Waals surface area contributed by atoms with Gasteiger partial charge in [0.15, 0.2) is 0 Å². The van der Waals surface area contributed by atoms with Crippen molar-refractivity contribution in [2.75, 3.05) is 0 Å². The lowest BCUT2D eigenvalue weighted by atomic mass is 9.72. The van der Waals surface area contributed by atoms with E-state index in [1.165, 1.54) is 36.0 Å². The van der Waals surface area contributed by atoms with Crippen LogP contribution in [0.2, 0.25) is 0 Å². The Morgan fingerprint density at radius 1 is 1.25 bits per heavy atom. The smallest absolute Gasteiger partial charge is 0.0717 e. The third-order valence-corrected chi connectivity index (χ3v) is 3.98. The summed E-state index contributed by atoms with van der Waals surface area (Å²) in [6.45, 7) is 0. The molecule has 0 atom stereocenters. The molecule has 1 fully saturated rings. The second-order valence-corrected chi connectivity index (χ2v) is 5.53. The van der Waals surface area contributed by atoms with Crippen molar-refractivity contribution >= 4 is 0 Å². The summed E-state index contributed by atoms with van der Waals surface area (Å²) >= 11 is 0. The van der Waals surface area contributed by atoms with Gasteiger partial charge in [-0.15, -0.1) is 0 Å². The van der Waals surface area contributed by atoms with E-state index in [0.717, 1.165) is 19.3 Å². The van der Waals surface area contributed by atoms with Crippen molar-refractivity contribution < 1.29 is 5.11 Å². The quantitative estimate of drug-likeness (QED) is 0.790. The second kappa shape index (κ2) is 3.57. The van der Waals surface area contributed by atoms with Crippen LogP contribution in [0.3, 0.4) is 0 Å². The fourth-order valence-corrected chi connectivity index (χ4v) is 3.18. The molecule has 2 nitrogen and oxygen atoms in total. The number of rotatable bonds is 2. The molecule has 16 heavy (non-hydrogen) atoms. The summed E-state index contributed by atoms with van der Waals surface area (Å²) in [5.41, 5.74) is 9.48. The maximum atomic E-state index is 10.2. The van der Waals surface area contributed by atoms with Crippen LogP contribution in [0, 0.1) is 0 Å². The number of aliphatic hydroxyl groups is 1. The Kier molecular flexibility index (Phi) is 2.30. The lowest BCUT2D eigenvalue weighted by Gasteiger charge is -2.42. The highest BCUT2D eigenvalue weighted by atomic mass is 16.3. The van der Waals surface area contributed by atoms with Crippen molar-refractivity contribution in [3.05, 3.63) is 34.9 Å². The third kappa shape index (κ3) is 1.76. The van der Waals surface area contributed by atoms with Crippen molar-refractivity contribution in [2.45, 2.75) is 50.2 Å². The van der Waals surface area contributed by atoms with Crippen LogP contribution in [0.1, 0.15) is 36.0 Å². The molecule has 0 spiro atoms. The van der Waals surface area contributed by atoms with Crippen LogP contribution < -0.4 is 5.73 Å². The molecule has 2 aliphatic rings. The van der Waals surface area contributed by atoms with Crippen molar-refractivity contribution in [3.63, 3.8) is 0 Å². The van der Waals surface area contributed by atoms with Gasteiger partial charge < -0.3 is 10.8 Å². The molecule has 2 heteroatoms. The summed E-state index contributed by atoms with van der Waals surface area (Å²) in [5, 5.41) is 10.2. The zero-order chi connectivity index (χ0) is 11.2. The molecule has 0 heterocycles. The monoisotopic (exact) mass is 217 g/mol. The van der Waals surface area contributed by atoms with E-state index in [4.69, 9.17) is 5.73 Å². The predicted molar refractivity (Wildman–Crippen MR) is 64.3 cm³/mol. The second-order valence-electron chi connectivity index (χ2n) is 5.53. The summed E-state index contributed by atoms with van der Waals surface area (Å²) in [6, 6.07) is 6.90. The Morgan fingerprint density at radius 3 is 2.75 bits per heavy atom. The Hall–Kier alpha value is -0.860. The van der Waals surface area contributed by atoms with Crippen LogP contribution in [0.5, 0.6) is 0 Å². The third-order valence-electron chi connectivity index (χ3n) is 3.98. The first kappa shape index (κ1) is 10.3. The van der Waals surface area contributed by atoms with E-state index in [1.807, 2.05) is 0 Å². The molecule has 3 rings (SSSR count). The maximum absolute atomic E-state index is 10.2. The first-order valence-electron chi connectivity index (χ1n) is 6.23. The van der Waals surface area contributed by atoms with E-state index < -0.39 is 5.60 Å². The molecule has 0 aromatic heterocycles. The fourth-order valence-electron chi connectivity index (χ4n) is 3.18. The SMILES string of the molecule is NC1CC(O)(Cc2ccc3c(c2)CCC3)C1. The molecule has 0 unspecified atom stereocenters. The van der Waals surface area contributed by atoms with Gasteiger partial charge in [-0.05, 0) is 48.8 Å². The minimum Gasteiger partial charge on any atom is -0.389 e. The highest BCUT2D eigenvalue weighted by molar-refractivity contribution is 5.36.